The summed E-state index contributed by atoms with van der Waals surface area (Å²) >= 11 is 1.83. The van der Waals surface area contributed by atoms with Gasteiger partial charge in [-0.3, -0.25) is 4.79 Å². The molecule has 0 bridgehead atoms. The largest absolute Gasteiger partial charge is 0.311 e. The van der Waals surface area contributed by atoms with Gasteiger partial charge in [0.05, 0.1) is 10.6 Å². The Morgan fingerprint density at radius 1 is 0.939 bits per heavy atom. The third kappa shape index (κ3) is 4.60. The maximum Gasteiger partial charge on any atom is 0.243 e. The fourth-order valence-corrected chi connectivity index (χ4v) is 7.93. The maximum absolute atomic E-state index is 13.5. The van der Waals surface area contributed by atoms with Gasteiger partial charge in [0.2, 0.25) is 15.9 Å². The van der Waals surface area contributed by atoms with Gasteiger partial charge >= 0.3 is 0 Å². The minimum Gasteiger partial charge on any atom is -0.311 e. The van der Waals surface area contributed by atoms with Crippen LogP contribution >= 0.6 is 11.8 Å². The molecule has 0 radical (unpaired) electrons. The van der Waals surface area contributed by atoms with Crippen LogP contribution in [-0.2, 0) is 27.7 Å². The molecule has 2 aromatic rings. The molecule has 5 nitrogen and oxygen atoms in total. The summed E-state index contributed by atoms with van der Waals surface area (Å²) in [6.07, 6.45) is 6.41. The Labute approximate surface area is 201 Å². The predicted molar refractivity (Wildman–Crippen MR) is 133 cm³/mol. The molecule has 1 aliphatic carbocycles. The van der Waals surface area contributed by atoms with Crippen LogP contribution in [0.5, 0.6) is 0 Å². The van der Waals surface area contributed by atoms with E-state index in [4.69, 9.17) is 0 Å². The van der Waals surface area contributed by atoms with Gasteiger partial charge in [-0.05, 0) is 80.3 Å². The Morgan fingerprint density at radius 3 is 2.45 bits per heavy atom. The van der Waals surface area contributed by atoms with Crippen molar-refractivity contribution in [3.05, 3.63) is 53.6 Å². The van der Waals surface area contributed by atoms with Gasteiger partial charge in [0, 0.05) is 35.7 Å². The Hall–Kier alpha value is -1.83. The van der Waals surface area contributed by atoms with E-state index in [9.17, 15) is 13.2 Å². The van der Waals surface area contributed by atoms with Crippen molar-refractivity contribution in [1.82, 2.24) is 4.31 Å². The molecular weight excluding hydrogens is 452 g/mol. The fraction of sp³-hybridized carbons (Fsp3) is 0.500. The molecule has 2 heterocycles. The molecule has 176 valence electrons. The predicted octanol–water partition coefficient (Wildman–Crippen LogP) is 4.88. The van der Waals surface area contributed by atoms with Gasteiger partial charge in [0.15, 0.2) is 0 Å². The summed E-state index contributed by atoms with van der Waals surface area (Å²) in [6, 6.07) is 13.8. The second kappa shape index (κ2) is 9.43. The number of hydrogen-bond donors (Lipinski definition) is 0. The van der Waals surface area contributed by atoms with E-state index < -0.39 is 10.0 Å². The van der Waals surface area contributed by atoms with Crippen molar-refractivity contribution in [2.45, 2.75) is 66.9 Å². The molecular formula is C26H32N2O3S2. The number of benzene rings is 2. The average molecular weight is 485 g/mol. The number of hydrogen-bond acceptors (Lipinski definition) is 4. The normalized spacial score (nSPS) is 22.3. The van der Waals surface area contributed by atoms with E-state index in [1.807, 2.05) is 47.0 Å². The van der Waals surface area contributed by atoms with Crippen LogP contribution in [0.25, 0.3) is 0 Å². The molecule has 1 unspecified atom stereocenters. The van der Waals surface area contributed by atoms with Crippen LogP contribution in [0.15, 0.2) is 52.3 Å². The molecule has 0 spiro atoms. The first-order valence-corrected chi connectivity index (χ1v) is 14.4. The number of amides is 1. The molecule has 2 aliphatic heterocycles. The molecule has 0 saturated carbocycles. The minimum absolute atomic E-state index is 0.133. The first kappa shape index (κ1) is 22.9. The number of anilines is 1. The molecule has 1 saturated heterocycles. The van der Waals surface area contributed by atoms with E-state index in [1.165, 1.54) is 17.5 Å². The standard InChI is InChI=1S/C26H32N2O3S2/c1-19-12-17-28(24-8-4-5-9-25(24)32-19)26(29)21-13-15-27(16-14-21)33(30,31)23-11-10-20-6-2-3-7-22(20)18-23/h4-5,8-11,18-19,21H,2-3,6-7,12-17H2,1H3. The molecule has 33 heavy (non-hydrogen) atoms. The van der Waals surface area contributed by atoms with Crippen molar-refractivity contribution < 1.29 is 13.2 Å². The summed E-state index contributed by atoms with van der Waals surface area (Å²) < 4.78 is 28.2. The van der Waals surface area contributed by atoms with E-state index in [0.717, 1.165) is 42.8 Å². The Balaban J connectivity index is 1.29. The van der Waals surface area contributed by atoms with Gasteiger partial charge in [-0.25, -0.2) is 8.42 Å². The third-order valence-corrected chi connectivity index (χ3v) is 10.4. The van der Waals surface area contributed by atoms with E-state index >= 15 is 0 Å². The van der Waals surface area contributed by atoms with Gasteiger partial charge in [-0.1, -0.05) is 25.1 Å². The second-order valence-electron chi connectivity index (χ2n) is 9.49. The number of carbonyl (C=O) groups excluding carboxylic acids is 1. The number of sulfonamides is 1. The summed E-state index contributed by atoms with van der Waals surface area (Å²) in [4.78, 5) is 17.0. The first-order valence-electron chi connectivity index (χ1n) is 12.1. The zero-order valence-electron chi connectivity index (χ0n) is 19.2. The Kier molecular flexibility index (Phi) is 6.56. The van der Waals surface area contributed by atoms with Gasteiger partial charge in [0.25, 0.3) is 0 Å². The van der Waals surface area contributed by atoms with Crippen molar-refractivity contribution >= 4 is 33.4 Å². The molecule has 2 aromatic carbocycles. The highest BCUT2D eigenvalue weighted by molar-refractivity contribution is 8.00. The van der Waals surface area contributed by atoms with Crippen molar-refractivity contribution in [3.8, 4) is 0 Å². The lowest BCUT2D eigenvalue weighted by atomic mass is 9.92. The Morgan fingerprint density at radius 2 is 1.67 bits per heavy atom. The van der Waals surface area contributed by atoms with Gasteiger partial charge in [0.1, 0.15) is 0 Å². The molecule has 0 aromatic heterocycles. The van der Waals surface area contributed by atoms with Crippen molar-refractivity contribution in [3.63, 3.8) is 0 Å². The van der Waals surface area contributed by atoms with E-state index in [0.29, 0.717) is 36.1 Å². The number of fused-ring (bicyclic) bond motifs is 2. The molecule has 5 rings (SSSR count). The highest BCUT2D eigenvalue weighted by atomic mass is 32.2. The van der Waals surface area contributed by atoms with Gasteiger partial charge in [-0.2, -0.15) is 4.31 Å². The van der Waals surface area contributed by atoms with Crippen LogP contribution in [0.1, 0.15) is 50.2 Å². The topological polar surface area (TPSA) is 57.7 Å². The monoisotopic (exact) mass is 484 g/mol. The lowest BCUT2D eigenvalue weighted by molar-refractivity contribution is -0.123. The van der Waals surface area contributed by atoms with Crippen LogP contribution in [0.3, 0.4) is 0 Å². The van der Waals surface area contributed by atoms with Gasteiger partial charge < -0.3 is 4.90 Å². The van der Waals surface area contributed by atoms with Gasteiger partial charge in [-0.15, -0.1) is 11.8 Å². The second-order valence-corrected chi connectivity index (χ2v) is 12.9. The highest BCUT2D eigenvalue weighted by Crippen LogP contribution is 2.38. The van der Waals surface area contributed by atoms with Crippen LogP contribution in [0.2, 0.25) is 0 Å². The lowest BCUT2D eigenvalue weighted by Crippen LogP contribution is -2.44. The zero-order chi connectivity index (χ0) is 23.0. The minimum atomic E-state index is -3.53. The molecule has 1 fully saturated rings. The number of nitrogens with zero attached hydrogens (tertiary/aromatic N) is 2. The SMILES string of the molecule is CC1CCN(C(=O)C2CCN(S(=O)(=O)c3ccc4c(c3)CCCC4)CC2)c2ccccc2S1. The highest BCUT2D eigenvalue weighted by Gasteiger charge is 2.35. The van der Waals surface area contributed by atoms with Crippen molar-refractivity contribution in [2.75, 3.05) is 24.5 Å². The summed E-state index contributed by atoms with van der Waals surface area (Å²) in [5, 5.41) is 0.465. The quantitative estimate of drug-likeness (QED) is 0.623. The number of thioether (sulfide) groups is 1. The van der Waals surface area contributed by atoms with E-state index in [-0.39, 0.29) is 11.8 Å². The fourth-order valence-electron chi connectivity index (χ4n) is 5.30. The summed E-state index contributed by atoms with van der Waals surface area (Å²) in [5.41, 5.74) is 3.47. The smallest absolute Gasteiger partial charge is 0.243 e. The van der Waals surface area contributed by atoms with E-state index in [2.05, 4.69) is 13.0 Å². The summed E-state index contributed by atoms with van der Waals surface area (Å²) in [6.45, 7) is 3.73. The van der Waals surface area contributed by atoms with Crippen molar-refractivity contribution in [2.24, 2.45) is 5.92 Å². The molecule has 3 aliphatic rings. The third-order valence-electron chi connectivity index (χ3n) is 7.27. The molecule has 7 heteroatoms. The number of rotatable bonds is 3. The van der Waals surface area contributed by atoms with Crippen LogP contribution in [0, 0.1) is 5.92 Å². The molecule has 1 amide bonds. The summed E-state index contributed by atoms with van der Waals surface area (Å²) in [5.74, 6) is 0.00873. The summed E-state index contributed by atoms with van der Waals surface area (Å²) in [7, 11) is -3.53. The average Bonchev–Trinajstić information content (AvgIpc) is 3.01. The maximum atomic E-state index is 13.5. The first-order chi connectivity index (χ1) is 15.9. The van der Waals surface area contributed by atoms with Crippen LogP contribution in [-0.4, -0.2) is 43.5 Å². The number of aryl methyl sites for hydroxylation is 2. The Bertz CT molecular complexity index is 1140. The number of carbonyl (C=O) groups is 1. The zero-order valence-corrected chi connectivity index (χ0v) is 20.8. The van der Waals surface area contributed by atoms with Crippen LogP contribution < -0.4 is 4.90 Å². The lowest BCUT2D eigenvalue weighted by Gasteiger charge is -2.34. The van der Waals surface area contributed by atoms with E-state index in [1.54, 1.807) is 10.4 Å². The number of piperidine rings is 1. The van der Waals surface area contributed by atoms with Crippen molar-refractivity contribution in [1.29, 1.82) is 0 Å². The molecule has 1 atom stereocenters. The molecule has 0 N–H and O–H groups in total. The number of para-hydroxylation sites is 1. The van der Waals surface area contributed by atoms with Crippen LogP contribution in [0.4, 0.5) is 5.69 Å².